The summed E-state index contributed by atoms with van der Waals surface area (Å²) in [6.07, 6.45) is 4.73. The van der Waals surface area contributed by atoms with Crippen LogP contribution in [0.1, 0.15) is 38.4 Å². The first-order chi connectivity index (χ1) is 8.15. The lowest BCUT2D eigenvalue weighted by atomic mass is 10.2. The van der Waals surface area contributed by atoms with Gasteiger partial charge in [0.1, 0.15) is 5.82 Å². The van der Waals surface area contributed by atoms with Crippen molar-refractivity contribution in [3.63, 3.8) is 0 Å². The average molecular weight is 257 g/mol. The van der Waals surface area contributed by atoms with Gasteiger partial charge in [0, 0.05) is 6.54 Å². The lowest BCUT2D eigenvalue weighted by Crippen LogP contribution is -2.05. The molecule has 0 spiro atoms. The minimum absolute atomic E-state index is 0.0348. The maximum Gasteiger partial charge on any atom is 0.313 e. The van der Waals surface area contributed by atoms with Crippen molar-refractivity contribution in [2.24, 2.45) is 0 Å². The fourth-order valence-electron chi connectivity index (χ4n) is 1.55. The zero-order valence-corrected chi connectivity index (χ0v) is 11.2. The van der Waals surface area contributed by atoms with Crippen molar-refractivity contribution in [1.29, 1.82) is 0 Å². The number of hydrogen-bond donors (Lipinski definition) is 1. The Bertz CT molecular complexity index is 366. The summed E-state index contributed by atoms with van der Waals surface area (Å²) in [7, 11) is 0. The molecule has 17 heavy (non-hydrogen) atoms. The molecule has 0 aliphatic heterocycles. The van der Waals surface area contributed by atoms with Crippen LogP contribution < -0.4 is 0 Å². The van der Waals surface area contributed by atoms with Crippen LogP contribution in [0.2, 0.25) is 0 Å². The zero-order chi connectivity index (χ0) is 12.7. The van der Waals surface area contributed by atoms with Gasteiger partial charge in [-0.05, 0) is 13.3 Å². The predicted molar refractivity (Wildman–Crippen MR) is 67.3 cm³/mol. The molecule has 0 saturated heterocycles. The van der Waals surface area contributed by atoms with Crippen LogP contribution >= 0.6 is 11.8 Å². The van der Waals surface area contributed by atoms with Crippen LogP contribution in [0.3, 0.4) is 0 Å². The van der Waals surface area contributed by atoms with Crippen molar-refractivity contribution in [1.82, 2.24) is 14.8 Å². The molecule has 0 aliphatic carbocycles. The number of hydrogen-bond acceptors (Lipinski definition) is 4. The molecule has 0 fully saturated rings. The lowest BCUT2D eigenvalue weighted by molar-refractivity contribution is -0.133. The van der Waals surface area contributed by atoms with Gasteiger partial charge in [-0.2, -0.15) is 0 Å². The minimum Gasteiger partial charge on any atom is -0.481 e. The van der Waals surface area contributed by atoms with E-state index in [1.165, 1.54) is 31.0 Å². The minimum atomic E-state index is -0.826. The Morgan fingerprint density at radius 2 is 2.12 bits per heavy atom. The SMILES string of the molecule is CCCCCCn1c(C)nnc1SCC(=O)O. The maximum absolute atomic E-state index is 10.5. The van der Waals surface area contributed by atoms with Gasteiger partial charge in [0.2, 0.25) is 0 Å². The second-order valence-corrected chi connectivity index (χ2v) is 4.87. The van der Waals surface area contributed by atoms with Gasteiger partial charge in [0.05, 0.1) is 5.75 Å². The van der Waals surface area contributed by atoms with Gasteiger partial charge in [0.25, 0.3) is 0 Å². The van der Waals surface area contributed by atoms with Crippen molar-refractivity contribution in [3.05, 3.63) is 5.82 Å². The highest BCUT2D eigenvalue weighted by Crippen LogP contribution is 2.17. The quantitative estimate of drug-likeness (QED) is 0.572. The Balaban J connectivity index is 2.50. The highest BCUT2D eigenvalue weighted by molar-refractivity contribution is 7.99. The number of unbranched alkanes of at least 4 members (excludes halogenated alkanes) is 3. The van der Waals surface area contributed by atoms with Gasteiger partial charge in [-0.1, -0.05) is 37.9 Å². The Morgan fingerprint density at radius 1 is 1.35 bits per heavy atom. The Hall–Kier alpha value is -1.04. The predicted octanol–water partition coefficient (Wildman–Crippen LogP) is 2.34. The molecule has 0 aliphatic rings. The van der Waals surface area contributed by atoms with Crippen LogP contribution in [-0.2, 0) is 11.3 Å². The molecule has 1 aromatic rings. The number of aromatic nitrogens is 3. The van der Waals surface area contributed by atoms with Crippen LogP contribution in [-0.4, -0.2) is 31.6 Å². The standard InChI is InChI=1S/C11H19N3O2S/c1-3-4-5-6-7-14-9(2)12-13-11(14)17-8-10(15)16/h3-8H2,1-2H3,(H,15,16). The average Bonchev–Trinajstić information content (AvgIpc) is 2.63. The van der Waals surface area contributed by atoms with E-state index in [0.717, 1.165) is 18.8 Å². The van der Waals surface area contributed by atoms with E-state index in [1.807, 2.05) is 11.5 Å². The fraction of sp³-hybridized carbons (Fsp3) is 0.727. The third-order valence-electron chi connectivity index (χ3n) is 2.46. The summed E-state index contributed by atoms with van der Waals surface area (Å²) >= 11 is 1.23. The topological polar surface area (TPSA) is 68.0 Å². The monoisotopic (exact) mass is 257 g/mol. The number of carboxylic acids is 1. The molecular weight excluding hydrogens is 238 g/mol. The van der Waals surface area contributed by atoms with Crippen LogP contribution in [0, 0.1) is 6.92 Å². The van der Waals surface area contributed by atoms with E-state index in [0.29, 0.717) is 5.16 Å². The van der Waals surface area contributed by atoms with Crippen molar-refractivity contribution >= 4 is 17.7 Å². The van der Waals surface area contributed by atoms with Gasteiger partial charge in [0.15, 0.2) is 5.16 Å². The van der Waals surface area contributed by atoms with Crippen molar-refractivity contribution in [2.45, 2.75) is 51.2 Å². The van der Waals surface area contributed by atoms with E-state index in [-0.39, 0.29) is 5.75 Å². The number of carboxylic acid groups (broad SMARTS) is 1. The van der Waals surface area contributed by atoms with Crippen LogP contribution in [0.25, 0.3) is 0 Å². The number of nitrogens with zero attached hydrogens (tertiary/aromatic N) is 3. The van der Waals surface area contributed by atoms with E-state index in [4.69, 9.17) is 5.11 Å². The summed E-state index contributed by atoms with van der Waals surface area (Å²) in [5, 5.41) is 17.3. The van der Waals surface area contributed by atoms with Crippen molar-refractivity contribution in [2.75, 3.05) is 5.75 Å². The molecule has 0 atom stereocenters. The van der Waals surface area contributed by atoms with Gasteiger partial charge >= 0.3 is 5.97 Å². The molecule has 0 bridgehead atoms. The number of carbonyl (C=O) groups is 1. The number of rotatable bonds is 8. The largest absolute Gasteiger partial charge is 0.481 e. The lowest BCUT2D eigenvalue weighted by Gasteiger charge is -2.07. The first-order valence-corrected chi connectivity index (χ1v) is 6.88. The van der Waals surface area contributed by atoms with E-state index >= 15 is 0 Å². The molecule has 6 heteroatoms. The van der Waals surface area contributed by atoms with Crippen LogP contribution in [0.4, 0.5) is 0 Å². The summed E-state index contributed by atoms with van der Waals surface area (Å²) in [6.45, 7) is 4.95. The van der Waals surface area contributed by atoms with E-state index in [9.17, 15) is 4.79 Å². The Morgan fingerprint density at radius 3 is 2.76 bits per heavy atom. The zero-order valence-electron chi connectivity index (χ0n) is 10.3. The van der Waals surface area contributed by atoms with Crippen LogP contribution in [0.5, 0.6) is 0 Å². The molecule has 0 amide bonds. The summed E-state index contributed by atoms with van der Waals surface area (Å²) in [6, 6.07) is 0. The molecule has 0 saturated carbocycles. The Kier molecular flexibility index (Phi) is 6.04. The second kappa shape index (κ2) is 7.32. The molecule has 1 heterocycles. The van der Waals surface area contributed by atoms with Crippen LogP contribution in [0.15, 0.2) is 5.16 Å². The van der Waals surface area contributed by atoms with E-state index in [2.05, 4.69) is 17.1 Å². The summed E-state index contributed by atoms with van der Waals surface area (Å²) in [4.78, 5) is 10.5. The third-order valence-corrected chi connectivity index (χ3v) is 3.41. The molecular formula is C11H19N3O2S. The highest BCUT2D eigenvalue weighted by atomic mass is 32.2. The summed E-state index contributed by atoms with van der Waals surface area (Å²) in [5.41, 5.74) is 0. The normalized spacial score (nSPS) is 10.7. The van der Waals surface area contributed by atoms with E-state index in [1.54, 1.807) is 0 Å². The third kappa shape index (κ3) is 4.77. The van der Waals surface area contributed by atoms with E-state index < -0.39 is 5.97 Å². The molecule has 0 radical (unpaired) electrons. The van der Waals surface area contributed by atoms with Gasteiger partial charge < -0.3 is 9.67 Å². The summed E-state index contributed by atoms with van der Waals surface area (Å²) < 4.78 is 2.00. The van der Waals surface area contributed by atoms with Crippen molar-refractivity contribution < 1.29 is 9.90 Å². The maximum atomic E-state index is 10.5. The highest BCUT2D eigenvalue weighted by Gasteiger charge is 2.10. The molecule has 5 nitrogen and oxygen atoms in total. The fourth-order valence-corrected chi connectivity index (χ4v) is 2.28. The summed E-state index contributed by atoms with van der Waals surface area (Å²) in [5.74, 6) is 0.0650. The van der Waals surface area contributed by atoms with Gasteiger partial charge in [-0.3, -0.25) is 4.79 Å². The molecule has 1 N–H and O–H groups in total. The molecule has 1 rings (SSSR count). The number of aliphatic carboxylic acids is 1. The smallest absolute Gasteiger partial charge is 0.313 e. The number of thioether (sulfide) groups is 1. The van der Waals surface area contributed by atoms with Crippen molar-refractivity contribution in [3.8, 4) is 0 Å². The molecule has 0 unspecified atom stereocenters. The van der Waals surface area contributed by atoms with Gasteiger partial charge in [-0.15, -0.1) is 10.2 Å². The molecule has 0 aromatic carbocycles. The number of aryl methyl sites for hydroxylation is 1. The Labute approximate surface area is 106 Å². The first kappa shape index (κ1) is 14.0. The molecule has 1 aromatic heterocycles. The first-order valence-electron chi connectivity index (χ1n) is 5.89. The van der Waals surface area contributed by atoms with Gasteiger partial charge in [-0.25, -0.2) is 0 Å². The second-order valence-electron chi connectivity index (χ2n) is 3.92. The molecule has 96 valence electrons.